The standard InChI is InChI=1S/C17H19ClN4O3S/c18-11-1-3-14(4-2-11)26(24,25)21-12-7-15(20-9-12)17(23)22-13(8-19)5-10-6-16(10)22/h1-4,10,12-13,15-16,20-21H,5-7,9H2/t10-,12+,13+,15+,16+/m1/s1. The monoisotopic (exact) mass is 394 g/mol. The lowest BCUT2D eigenvalue weighted by molar-refractivity contribution is -0.134. The van der Waals surface area contributed by atoms with Gasteiger partial charge in [0.25, 0.3) is 0 Å². The average Bonchev–Trinajstić information content (AvgIpc) is 3.04. The minimum Gasteiger partial charge on any atom is -0.322 e. The third-order valence-corrected chi connectivity index (χ3v) is 7.17. The van der Waals surface area contributed by atoms with Crippen molar-refractivity contribution < 1.29 is 13.2 Å². The summed E-state index contributed by atoms with van der Waals surface area (Å²) >= 11 is 5.80. The largest absolute Gasteiger partial charge is 0.322 e. The molecule has 0 aromatic heterocycles. The highest BCUT2D eigenvalue weighted by Gasteiger charge is 2.55. The van der Waals surface area contributed by atoms with Gasteiger partial charge in [0.15, 0.2) is 0 Å². The maximum atomic E-state index is 12.8. The van der Waals surface area contributed by atoms with Crippen LogP contribution in [0.4, 0.5) is 0 Å². The molecular formula is C17H19ClN4O3S. The Morgan fingerprint density at radius 2 is 2.00 bits per heavy atom. The van der Waals surface area contributed by atoms with Crippen molar-refractivity contribution in [1.82, 2.24) is 14.9 Å². The SMILES string of the molecule is N#C[C@@H]1C[C@@H]2C[C@@H]2N1C(=O)[C@@H]1C[C@H](NS(=O)(=O)c2ccc(Cl)cc2)CN1. The summed E-state index contributed by atoms with van der Waals surface area (Å²) in [5.41, 5.74) is 0. The Morgan fingerprint density at radius 1 is 1.27 bits per heavy atom. The second kappa shape index (κ2) is 6.50. The van der Waals surface area contributed by atoms with Gasteiger partial charge in [-0.3, -0.25) is 4.79 Å². The number of halogens is 1. The normalized spacial score (nSPS) is 32.9. The summed E-state index contributed by atoms with van der Waals surface area (Å²) in [4.78, 5) is 14.6. The van der Waals surface area contributed by atoms with Crippen LogP contribution in [0, 0.1) is 17.2 Å². The second-order valence-corrected chi connectivity index (χ2v) is 9.31. The lowest BCUT2D eigenvalue weighted by atomic mass is 10.1. The molecule has 0 spiro atoms. The molecule has 2 aliphatic heterocycles. The number of likely N-dealkylation sites (tertiary alicyclic amines) is 1. The van der Waals surface area contributed by atoms with Crippen LogP contribution >= 0.6 is 11.6 Å². The van der Waals surface area contributed by atoms with Gasteiger partial charge in [-0.1, -0.05) is 11.6 Å². The minimum atomic E-state index is -3.67. The van der Waals surface area contributed by atoms with Gasteiger partial charge >= 0.3 is 0 Å². The zero-order valence-electron chi connectivity index (χ0n) is 13.9. The highest BCUT2D eigenvalue weighted by atomic mass is 35.5. The third kappa shape index (κ3) is 3.21. The maximum absolute atomic E-state index is 12.8. The lowest BCUT2D eigenvalue weighted by Gasteiger charge is -2.25. The molecule has 2 N–H and O–H groups in total. The molecule has 2 saturated heterocycles. The fraction of sp³-hybridized carbons (Fsp3) is 0.529. The molecule has 0 unspecified atom stereocenters. The number of nitrogens with zero attached hydrogens (tertiary/aromatic N) is 2. The first-order valence-corrected chi connectivity index (χ1v) is 10.5. The Labute approximate surface area is 157 Å². The van der Waals surface area contributed by atoms with E-state index in [4.69, 9.17) is 11.6 Å². The minimum absolute atomic E-state index is 0.0882. The van der Waals surface area contributed by atoms with Crippen molar-refractivity contribution in [3.05, 3.63) is 29.3 Å². The molecule has 4 rings (SSSR count). The van der Waals surface area contributed by atoms with Crippen LogP contribution in [-0.4, -0.2) is 49.9 Å². The fourth-order valence-corrected chi connectivity index (χ4v) is 5.36. The Bertz CT molecular complexity index is 867. The molecule has 1 aromatic carbocycles. The summed E-state index contributed by atoms with van der Waals surface area (Å²) in [6.45, 7) is 0.377. The summed E-state index contributed by atoms with van der Waals surface area (Å²) < 4.78 is 27.6. The number of hydrogen-bond donors (Lipinski definition) is 2. The van der Waals surface area contributed by atoms with E-state index in [1.54, 1.807) is 4.90 Å². The molecular weight excluding hydrogens is 376 g/mol. The number of carbonyl (C=O) groups is 1. The topological polar surface area (TPSA) is 102 Å². The number of nitrogens with one attached hydrogen (secondary N) is 2. The number of carbonyl (C=O) groups excluding carboxylic acids is 1. The number of nitriles is 1. The first-order chi connectivity index (χ1) is 12.4. The predicted molar refractivity (Wildman–Crippen MR) is 94.7 cm³/mol. The van der Waals surface area contributed by atoms with Gasteiger partial charge in [-0.2, -0.15) is 5.26 Å². The molecule has 3 fully saturated rings. The van der Waals surface area contributed by atoms with E-state index >= 15 is 0 Å². The second-order valence-electron chi connectivity index (χ2n) is 7.16. The number of sulfonamides is 1. The van der Waals surface area contributed by atoms with Gasteiger partial charge in [-0.15, -0.1) is 0 Å². The number of fused-ring (bicyclic) bond motifs is 1. The molecule has 0 bridgehead atoms. The molecule has 7 nitrogen and oxygen atoms in total. The molecule has 3 aliphatic rings. The predicted octanol–water partition coefficient (Wildman–Crippen LogP) is 0.862. The Morgan fingerprint density at radius 3 is 2.69 bits per heavy atom. The number of piperidine rings is 1. The van der Waals surface area contributed by atoms with Gasteiger partial charge in [-0.25, -0.2) is 13.1 Å². The molecule has 1 aliphatic carbocycles. The quantitative estimate of drug-likeness (QED) is 0.788. The molecule has 0 radical (unpaired) electrons. The van der Waals surface area contributed by atoms with Gasteiger partial charge in [0, 0.05) is 23.7 Å². The van der Waals surface area contributed by atoms with Crippen molar-refractivity contribution in [1.29, 1.82) is 5.26 Å². The number of hydrogen-bond acceptors (Lipinski definition) is 5. The Kier molecular flexibility index (Phi) is 4.43. The number of benzene rings is 1. The van der Waals surface area contributed by atoms with E-state index in [9.17, 15) is 18.5 Å². The van der Waals surface area contributed by atoms with E-state index in [-0.39, 0.29) is 28.9 Å². The Balaban J connectivity index is 1.40. The van der Waals surface area contributed by atoms with E-state index < -0.39 is 16.1 Å². The molecule has 26 heavy (non-hydrogen) atoms. The van der Waals surface area contributed by atoms with Crippen molar-refractivity contribution in [2.45, 2.75) is 48.3 Å². The van der Waals surface area contributed by atoms with Gasteiger partial charge in [0.2, 0.25) is 15.9 Å². The van der Waals surface area contributed by atoms with Crippen molar-refractivity contribution in [2.75, 3.05) is 6.54 Å². The van der Waals surface area contributed by atoms with Crippen molar-refractivity contribution in [3.8, 4) is 6.07 Å². The zero-order chi connectivity index (χ0) is 18.5. The summed E-state index contributed by atoms with van der Waals surface area (Å²) in [7, 11) is -3.67. The first kappa shape index (κ1) is 17.7. The van der Waals surface area contributed by atoms with Crippen LogP contribution in [-0.2, 0) is 14.8 Å². The van der Waals surface area contributed by atoms with E-state index in [0.29, 0.717) is 23.9 Å². The van der Waals surface area contributed by atoms with Gasteiger partial charge in [-0.05, 0) is 49.4 Å². The summed E-state index contributed by atoms with van der Waals surface area (Å²) in [5.74, 6) is 0.374. The summed E-state index contributed by atoms with van der Waals surface area (Å²) in [6, 6.07) is 7.17. The average molecular weight is 395 g/mol. The molecule has 1 saturated carbocycles. The maximum Gasteiger partial charge on any atom is 0.241 e. The summed E-state index contributed by atoms with van der Waals surface area (Å²) in [5, 5.41) is 12.8. The van der Waals surface area contributed by atoms with Crippen LogP contribution in [0.15, 0.2) is 29.2 Å². The van der Waals surface area contributed by atoms with Crippen molar-refractivity contribution in [2.24, 2.45) is 5.92 Å². The molecule has 1 amide bonds. The molecule has 2 heterocycles. The van der Waals surface area contributed by atoms with Crippen LogP contribution in [0.3, 0.4) is 0 Å². The van der Waals surface area contributed by atoms with E-state index in [1.807, 2.05) is 0 Å². The van der Waals surface area contributed by atoms with Crippen LogP contribution in [0.2, 0.25) is 5.02 Å². The molecule has 5 atom stereocenters. The fourth-order valence-electron chi connectivity index (χ4n) is 3.98. The van der Waals surface area contributed by atoms with Gasteiger partial charge < -0.3 is 10.2 Å². The Hall–Kier alpha value is -1.66. The molecule has 138 valence electrons. The van der Waals surface area contributed by atoms with E-state index in [1.165, 1.54) is 24.3 Å². The highest BCUT2D eigenvalue weighted by molar-refractivity contribution is 7.89. The van der Waals surface area contributed by atoms with E-state index in [0.717, 1.165) is 12.8 Å². The number of amides is 1. The lowest BCUT2D eigenvalue weighted by Crippen LogP contribution is -2.47. The first-order valence-electron chi connectivity index (χ1n) is 8.62. The molecule has 9 heteroatoms. The van der Waals surface area contributed by atoms with Crippen LogP contribution in [0.1, 0.15) is 19.3 Å². The highest BCUT2D eigenvalue weighted by Crippen LogP contribution is 2.48. The van der Waals surface area contributed by atoms with Gasteiger partial charge in [0.05, 0.1) is 17.0 Å². The number of rotatable bonds is 4. The van der Waals surface area contributed by atoms with Crippen LogP contribution in [0.5, 0.6) is 0 Å². The van der Waals surface area contributed by atoms with Crippen LogP contribution < -0.4 is 10.0 Å². The third-order valence-electron chi connectivity index (χ3n) is 5.38. The van der Waals surface area contributed by atoms with Crippen LogP contribution in [0.25, 0.3) is 0 Å². The smallest absolute Gasteiger partial charge is 0.241 e. The van der Waals surface area contributed by atoms with Crippen molar-refractivity contribution in [3.63, 3.8) is 0 Å². The molecule has 1 aromatic rings. The van der Waals surface area contributed by atoms with Crippen molar-refractivity contribution >= 4 is 27.5 Å². The summed E-state index contributed by atoms with van der Waals surface area (Å²) in [6.07, 6.45) is 2.10. The van der Waals surface area contributed by atoms with Gasteiger partial charge in [0.1, 0.15) is 6.04 Å². The van der Waals surface area contributed by atoms with E-state index in [2.05, 4.69) is 16.1 Å². The zero-order valence-corrected chi connectivity index (χ0v) is 15.5.